The molecule has 0 fully saturated rings. The quantitative estimate of drug-likeness (QED) is 0.328. The third kappa shape index (κ3) is 7.02. The minimum Gasteiger partial charge on any atom is -0.469 e. The van der Waals surface area contributed by atoms with Crippen LogP contribution in [0, 0.1) is 5.41 Å². The second-order valence-corrected chi connectivity index (χ2v) is 8.67. The number of aromatic nitrogens is 2. The number of esters is 1. The average Bonchev–Trinajstić information content (AvgIpc) is 2.85. The van der Waals surface area contributed by atoms with Gasteiger partial charge in [0, 0.05) is 30.7 Å². The number of anilines is 4. The van der Waals surface area contributed by atoms with Crippen LogP contribution < -0.4 is 21.3 Å². The first-order valence-electron chi connectivity index (χ1n) is 11.4. The molecule has 0 saturated carbocycles. The van der Waals surface area contributed by atoms with Gasteiger partial charge in [-0.15, -0.1) is 0 Å². The van der Waals surface area contributed by atoms with Gasteiger partial charge >= 0.3 is 12.0 Å². The number of nitrogens with one attached hydrogen (secondary N) is 4. The number of hydrogen-bond donors (Lipinski definition) is 4. The Hall–Kier alpha value is -4.47. The van der Waals surface area contributed by atoms with E-state index in [9.17, 15) is 14.4 Å². The number of ether oxygens (including phenoxy) is 1. The van der Waals surface area contributed by atoms with E-state index in [0.29, 0.717) is 30.0 Å². The van der Waals surface area contributed by atoms with Crippen molar-refractivity contribution in [3.8, 4) is 0 Å². The topological polar surface area (TPSA) is 134 Å². The predicted molar refractivity (Wildman–Crippen MR) is 138 cm³/mol. The molecule has 0 atom stereocenters. The molecule has 0 unspecified atom stereocenters. The lowest BCUT2D eigenvalue weighted by atomic mass is 9.86. The lowest BCUT2D eigenvalue weighted by molar-refractivity contribution is -0.150. The first-order valence-corrected chi connectivity index (χ1v) is 11.4. The van der Waals surface area contributed by atoms with E-state index >= 15 is 0 Å². The van der Waals surface area contributed by atoms with Crippen LogP contribution in [0.2, 0.25) is 0 Å². The number of carbonyl (C=O) groups is 3. The lowest BCUT2D eigenvalue weighted by Gasteiger charge is -2.21. The highest BCUT2D eigenvalue weighted by Crippen LogP contribution is 2.26. The van der Waals surface area contributed by atoms with Crippen molar-refractivity contribution in [3.63, 3.8) is 0 Å². The van der Waals surface area contributed by atoms with Gasteiger partial charge in [-0.2, -0.15) is 0 Å². The maximum Gasteiger partial charge on any atom is 0.320 e. The van der Waals surface area contributed by atoms with Crippen LogP contribution in [-0.4, -0.2) is 41.5 Å². The van der Waals surface area contributed by atoms with Crippen LogP contribution in [0.1, 0.15) is 36.7 Å². The summed E-state index contributed by atoms with van der Waals surface area (Å²) >= 11 is 0. The monoisotopic (exact) mass is 490 g/mol. The molecule has 36 heavy (non-hydrogen) atoms. The average molecular weight is 491 g/mol. The molecular weight excluding hydrogens is 460 g/mol. The zero-order valence-electron chi connectivity index (χ0n) is 20.7. The number of amides is 3. The summed E-state index contributed by atoms with van der Waals surface area (Å²) in [5.74, 6) is -0.395. The fourth-order valence-electron chi connectivity index (χ4n) is 3.48. The molecule has 4 N–H and O–H groups in total. The van der Waals surface area contributed by atoms with Crippen LogP contribution in [-0.2, 0) is 16.0 Å². The van der Waals surface area contributed by atoms with Gasteiger partial charge in [0.15, 0.2) is 0 Å². The van der Waals surface area contributed by atoms with Crippen LogP contribution in [0.25, 0.3) is 0 Å². The number of urea groups is 1. The van der Waals surface area contributed by atoms with Gasteiger partial charge in [0.2, 0.25) is 0 Å². The van der Waals surface area contributed by atoms with E-state index in [1.165, 1.54) is 13.3 Å². The summed E-state index contributed by atoms with van der Waals surface area (Å²) in [5.41, 5.74) is 2.23. The second kappa shape index (κ2) is 11.8. The van der Waals surface area contributed by atoms with E-state index in [-0.39, 0.29) is 23.3 Å². The molecule has 0 saturated heterocycles. The Morgan fingerprint density at radius 3 is 2.39 bits per heavy atom. The molecule has 0 aliphatic rings. The lowest BCUT2D eigenvalue weighted by Crippen LogP contribution is -2.28. The Morgan fingerprint density at radius 2 is 1.75 bits per heavy atom. The molecule has 0 aliphatic heterocycles. The third-order valence-corrected chi connectivity index (χ3v) is 5.26. The summed E-state index contributed by atoms with van der Waals surface area (Å²) in [6, 6.07) is 12.0. The maximum absolute atomic E-state index is 13.1. The summed E-state index contributed by atoms with van der Waals surface area (Å²) in [6.07, 6.45) is 5.15. The van der Waals surface area contributed by atoms with E-state index in [2.05, 4.69) is 31.2 Å². The molecule has 3 aromatic rings. The van der Waals surface area contributed by atoms with Crippen molar-refractivity contribution < 1.29 is 19.1 Å². The van der Waals surface area contributed by atoms with Crippen molar-refractivity contribution in [1.82, 2.24) is 15.3 Å². The summed E-state index contributed by atoms with van der Waals surface area (Å²) in [5, 5.41) is 11.3. The van der Waals surface area contributed by atoms with Crippen molar-refractivity contribution in [3.05, 3.63) is 72.2 Å². The maximum atomic E-state index is 13.1. The van der Waals surface area contributed by atoms with E-state index in [1.54, 1.807) is 42.7 Å². The molecule has 188 valence electrons. The molecule has 0 bridgehead atoms. The molecule has 0 spiro atoms. The Bertz CT molecular complexity index is 1210. The van der Waals surface area contributed by atoms with E-state index in [4.69, 9.17) is 4.74 Å². The van der Waals surface area contributed by atoms with Crippen LogP contribution in [0.4, 0.5) is 27.7 Å². The summed E-state index contributed by atoms with van der Waals surface area (Å²) in [7, 11) is 1.37. The van der Waals surface area contributed by atoms with Gasteiger partial charge in [-0.25, -0.2) is 9.78 Å². The number of pyridine rings is 2. The second-order valence-electron chi connectivity index (χ2n) is 8.67. The Balaban J connectivity index is 1.79. The Labute approximate surface area is 209 Å². The molecule has 1 aromatic carbocycles. The van der Waals surface area contributed by atoms with Gasteiger partial charge in [0.25, 0.3) is 5.91 Å². The molecule has 0 radical (unpaired) electrons. The molecule has 0 aliphatic carbocycles. The van der Waals surface area contributed by atoms with Gasteiger partial charge in [0.1, 0.15) is 5.82 Å². The SMILES string of the molecule is CCNC(=O)Nc1cc(Nc2cccnc2)c(C(=O)Nc2ccc(CC(C)(C)C(=O)OC)cc2)cn1. The summed E-state index contributed by atoms with van der Waals surface area (Å²) in [6.45, 7) is 5.92. The van der Waals surface area contributed by atoms with Crippen molar-refractivity contribution in [1.29, 1.82) is 0 Å². The molecule has 3 amide bonds. The number of carbonyl (C=O) groups excluding carboxylic acids is 3. The third-order valence-electron chi connectivity index (χ3n) is 5.26. The van der Waals surface area contributed by atoms with Gasteiger partial charge in [-0.1, -0.05) is 12.1 Å². The molecule has 10 heteroatoms. The summed E-state index contributed by atoms with van der Waals surface area (Å²) < 4.78 is 4.87. The number of rotatable bonds is 9. The van der Waals surface area contributed by atoms with E-state index in [0.717, 1.165) is 5.56 Å². The van der Waals surface area contributed by atoms with Gasteiger partial charge in [0.05, 0.1) is 35.7 Å². The highest BCUT2D eigenvalue weighted by Gasteiger charge is 2.28. The predicted octanol–water partition coefficient (Wildman–Crippen LogP) is 4.36. The number of nitrogens with zero attached hydrogens (tertiary/aromatic N) is 2. The highest BCUT2D eigenvalue weighted by molar-refractivity contribution is 6.08. The van der Waals surface area contributed by atoms with Crippen LogP contribution in [0.5, 0.6) is 0 Å². The molecule has 3 rings (SSSR count). The van der Waals surface area contributed by atoms with Crippen molar-refractivity contribution >= 4 is 40.8 Å². The van der Waals surface area contributed by atoms with Crippen molar-refractivity contribution in [2.75, 3.05) is 29.6 Å². The van der Waals surface area contributed by atoms with Crippen molar-refractivity contribution in [2.45, 2.75) is 27.2 Å². The van der Waals surface area contributed by atoms with Crippen LogP contribution in [0.15, 0.2) is 61.1 Å². The fraction of sp³-hybridized carbons (Fsp3) is 0.269. The van der Waals surface area contributed by atoms with Crippen molar-refractivity contribution in [2.24, 2.45) is 5.41 Å². The molecular formula is C26H30N6O4. The fourth-order valence-corrected chi connectivity index (χ4v) is 3.48. The zero-order valence-corrected chi connectivity index (χ0v) is 20.7. The van der Waals surface area contributed by atoms with Gasteiger partial charge in [-0.3, -0.25) is 19.9 Å². The first-order chi connectivity index (χ1) is 17.2. The summed E-state index contributed by atoms with van der Waals surface area (Å²) in [4.78, 5) is 45.3. The van der Waals surface area contributed by atoms with Crippen LogP contribution in [0.3, 0.4) is 0 Å². The number of hydrogen-bond acceptors (Lipinski definition) is 7. The van der Waals surface area contributed by atoms with E-state index < -0.39 is 11.4 Å². The number of methoxy groups -OCH3 is 1. The highest BCUT2D eigenvalue weighted by atomic mass is 16.5. The van der Waals surface area contributed by atoms with Crippen LogP contribution >= 0.6 is 0 Å². The minimum atomic E-state index is -0.665. The standard InChI is InChI=1S/C26H30N6O4/c1-5-28-25(35)32-22-13-21(30-19-7-6-12-27-15-19)20(16-29-22)23(33)31-18-10-8-17(9-11-18)14-26(2,3)24(34)36-4/h6-13,15-16H,5,14H2,1-4H3,(H,31,33)(H3,28,29,30,32,35). The van der Waals surface area contributed by atoms with Gasteiger partial charge < -0.3 is 20.7 Å². The first kappa shape index (κ1) is 26.1. The largest absolute Gasteiger partial charge is 0.469 e. The molecule has 2 heterocycles. The van der Waals surface area contributed by atoms with E-state index in [1.807, 2.05) is 32.9 Å². The minimum absolute atomic E-state index is 0.274. The number of benzene rings is 1. The zero-order chi connectivity index (χ0) is 26.1. The molecule has 2 aromatic heterocycles. The smallest absolute Gasteiger partial charge is 0.320 e. The van der Waals surface area contributed by atoms with Gasteiger partial charge in [-0.05, 0) is 57.0 Å². The Kier molecular flexibility index (Phi) is 8.56. The Morgan fingerprint density at radius 1 is 1.00 bits per heavy atom. The molecule has 10 nitrogen and oxygen atoms in total. The normalized spacial score (nSPS) is 10.8.